The lowest BCUT2D eigenvalue weighted by molar-refractivity contribution is -0.117. The molecule has 0 aromatic rings. The molecule has 0 atom stereocenters. The molecule has 14 heavy (non-hydrogen) atoms. The van der Waals surface area contributed by atoms with Gasteiger partial charge < -0.3 is 15.1 Å². The Kier molecular flexibility index (Phi) is 3.63. The van der Waals surface area contributed by atoms with Crippen LogP contribution in [0, 0.1) is 0 Å². The number of amides is 2. The van der Waals surface area contributed by atoms with Crippen LogP contribution in [0.2, 0.25) is 0 Å². The average molecular weight is 217 g/mol. The molecule has 0 radical (unpaired) electrons. The predicted molar refractivity (Wildman–Crippen MR) is 52.0 cm³/mol. The molecule has 78 valence electrons. The summed E-state index contributed by atoms with van der Waals surface area (Å²) in [6.07, 6.45) is 0.961. The highest BCUT2D eigenvalue weighted by molar-refractivity contribution is 8.03. The second kappa shape index (κ2) is 4.75. The molecule has 1 aliphatic heterocycles. The smallest absolute Gasteiger partial charge is 0.329 e. The van der Waals surface area contributed by atoms with E-state index >= 15 is 0 Å². The van der Waals surface area contributed by atoms with E-state index in [1.807, 2.05) is 0 Å². The number of nitrogens with one attached hydrogen (secondary N) is 2. The Hall–Kier alpha value is -1.37. The summed E-state index contributed by atoms with van der Waals surface area (Å²) in [5.74, 6) is 0.248. The van der Waals surface area contributed by atoms with Gasteiger partial charge in [0.15, 0.2) is 0 Å². The topological polar surface area (TPSA) is 70.7 Å². The third kappa shape index (κ3) is 3.17. The first-order valence-electron chi connectivity index (χ1n) is 3.86. The lowest BCUT2D eigenvalue weighted by atomic mass is 10.7. The van der Waals surface area contributed by atoms with Gasteiger partial charge in [-0.1, -0.05) is 11.8 Å². The second-order valence-corrected chi connectivity index (χ2v) is 3.75. The van der Waals surface area contributed by atoms with Gasteiger partial charge in [0.1, 0.15) is 5.03 Å². The van der Waals surface area contributed by atoms with Crippen LogP contribution >= 0.6 is 11.8 Å². The SMILES string of the molecule is CN(C)C(=O)ONC1=CNC(=O)CS1. The van der Waals surface area contributed by atoms with Crippen molar-refractivity contribution in [1.82, 2.24) is 15.7 Å². The first kappa shape index (κ1) is 10.7. The quantitative estimate of drug-likeness (QED) is 0.629. The second-order valence-electron chi connectivity index (χ2n) is 2.73. The molecule has 1 rings (SSSR count). The zero-order chi connectivity index (χ0) is 10.6. The summed E-state index contributed by atoms with van der Waals surface area (Å²) in [7, 11) is 3.16. The van der Waals surface area contributed by atoms with E-state index in [2.05, 4.69) is 15.6 Å². The third-order valence-electron chi connectivity index (χ3n) is 1.33. The molecule has 0 spiro atoms. The molecular formula is C7H11N3O3S. The molecule has 0 aromatic heterocycles. The van der Waals surface area contributed by atoms with Crippen molar-refractivity contribution in [3.8, 4) is 0 Å². The summed E-state index contributed by atoms with van der Waals surface area (Å²) in [5, 5.41) is 3.09. The fourth-order valence-corrected chi connectivity index (χ4v) is 1.23. The molecule has 0 saturated carbocycles. The van der Waals surface area contributed by atoms with E-state index in [-0.39, 0.29) is 5.91 Å². The zero-order valence-corrected chi connectivity index (χ0v) is 8.68. The molecule has 0 saturated heterocycles. The molecule has 7 heteroatoms. The summed E-state index contributed by atoms with van der Waals surface area (Å²) in [6, 6.07) is 0. The Morgan fingerprint density at radius 2 is 2.43 bits per heavy atom. The number of thioether (sulfide) groups is 1. The van der Waals surface area contributed by atoms with Gasteiger partial charge in [-0.05, 0) is 0 Å². The number of hydrogen-bond donors (Lipinski definition) is 2. The van der Waals surface area contributed by atoms with E-state index in [1.165, 1.54) is 22.9 Å². The average Bonchev–Trinajstić information content (AvgIpc) is 2.16. The number of hydroxylamine groups is 1. The van der Waals surface area contributed by atoms with Crippen molar-refractivity contribution in [2.75, 3.05) is 19.8 Å². The van der Waals surface area contributed by atoms with Gasteiger partial charge in [0.05, 0.1) is 5.75 Å². The molecule has 1 heterocycles. The zero-order valence-electron chi connectivity index (χ0n) is 7.86. The lowest BCUT2D eigenvalue weighted by Crippen LogP contribution is -2.32. The largest absolute Gasteiger partial charge is 0.433 e. The third-order valence-corrected chi connectivity index (χ3v) is 2.25. The van der Waals surface area contributed by atoms with Crippen molar-refractivity contribution in [1.29, 1.82) is 0 Å². The summed E-state index contributed by atoms with van der Waals surface area (Å²) in [5.41, 5.74) is 2.44. The van der Waals surface area contributed by atoms with E-state index in [0.717, 1.165) is 0 Å². The monoisotopic (exact) mass is 217 g/mol. The highest BCUT2D eigenvalue weighted by Gasteiger charge is 2.12. The Morgan fingerprint density at radius 1 is 1.71 bits per heavy atom. The van der Waals surface area contributed by atoms with Gasteiger partial charge in [-0.25, -0.2) is 10.3 Å². The molecule has 0 aromatic carbocycles. The van der Waals surface area contributed by atoms with Crippen LogP contribution in [0.3, 0.4) is 0 Å². The van der Waals surface area contributed by atoms with Gasteiger partial charge in [-0.2, -0.15) is 0 Å². The van der Waals surface area contributed by atoms with E-state index < -0.39 is 6.09 Å². The minimum Gasteiger partial charge on any atom is -0.329 e. The standard InChI is InChI=1S/C7H11N3O3S/c1-10(2)7(12)13-9-6-3-8-5(11)4-14-6/h3,9H,4H2,1-2H3,(H,8,11). The van der Waals surface area contributed by atoms with Crippen molar-refractivity contribution in [3.63, 3.8) is 0 Å². The highest BCUT2D eigenvalue weighted by Crippen LogP contribution is 2.14. The maximum atomic E-state index is 11.0. The molecule has 2 amide bonds. The van der Waals surface area contributed by atoms with Crippen molar-refractivity contribution < 1.29 is 14.4 Å². The number of carbonyl (C=O) groups is 2. The molecule has 0 aliphatic carbocycles. The van der Waals surface area contributed by atoms with Gasteiger partial charge in [0.25, 0.3) is 0 Å². The fraction of sp³-hybridized carbons (Fsp3) is 0.429. The molecule has 6 nitrogen and oxygen atoms in total. The van der Waals surface area contributed by atoms with E-state index in [0.29, 0.717) is 10.8 Å². The summed E-state index contributed by atoms with van der Waals surface area (Å²) in [6.45, 7) is 0. The number of hydrogen-bond acceptors (Lipinski definition) is 5. The van der Waals surface area contributed by atoms with Gasteiger partial charge in [-0.15, -0.1) is 0 Å². The van der Waals surface area contributed by atoms with Crippen molar-refractivity contribution in [3.05, 3.63) is 11.2 Å². The lowest BCUT2D eigenvalue weighted by Gasteiger charge is -2.15. The Morgan fingerprint density at radius 3 is 2.93 bits per heavy atom. The normalized spacial score (nSPS) is 15.3. The van der Waals surface area contributed by atoms with E-state index in [4.69, 9.17) is 0 Å². The van der Waals surface area contributed by atoms with Crippen molar-refractivity contribution >= 4 is 23.8 Å². The van der Waals surface area contributed by atoms with Gasteiger partial charge >= 0.3 is 6.09 Å². The summed E-state index contributed by atoms with van der Waals surface area (Å²) >= 11 is 1.27. The Balaban J connectivity index is 2.32. The van der Waals surface area contributed by atoms with Gasteiger partial charge in [0.2, 0.25) is 5.91 Å². The Labute approximate surface area is 85.6 Å². The van der Waals surface area contributed by atoms with E-state index in [9.17, 15) is 9.59 Å². The van der Waals surface area contributed by atoms with Crippen LogP contribution in [-0.2, 0) is 9.63 Å². The minimum absolute atomic E-state index is 0.0699. The molecule has 1 aliphatic rings. The van der Waals surface area contributed by atoms with Crippen LogP contribution in [0.15, 0.2) is 11.2 Å². The molecule has 2 N–H and O–H groups in total. The highest BCUT2D eigenvalue weighted by atomic mass is 32.2. The van der Waals surface area contributed by atoms with Crippen LogP contribution < -0.4 is 10.8 Å². The van der Waals surface area contributed by atoms with E-state index in [1.54, 1.807) is 14.1 Å². The molecular weight excluding hydrogens is 206 g/mol. The summed E-state index contributed by atoms with van der Waals surface area (Å²) in [4.78, 5) is 27.7. The van der Waals surface area contributed by atoms with Crippen LogP contribution in [0.4, 0.5) is 4.79 Å². The van der Waals surface area contributed by atoms with Gasteiger partial charge in [-0.3, -0.25) is 4.79 Å². The van der Waals surface area contributed by atoms with Gasteiger partial charge in [0, 0.05) is 20.3 Å². The number of carbonyl (C=O) groups excluding carboxylic acids is 2. The van der Waals surface area contributed by atoms with Crippen LogP contribution in [0.25, 0.3) is 0 Å². The van der Waals surface area contributed by atoms with Crippen molar-refractivity contribution in [2.24, 2.45) is 0 Å². The Bertz CT molecular complexity index is 277. The van der Waals surface area contributed by atoms with Crippen molar-refractivity contribution in [2.45, 2.75) is 0 Å². The molecule has 0 unspecified atom stereocenters. The van der Waals surface area contributed by atoms with Crippen LogP contribution in [0.1, 0.15) is 0 Å². The fourth-order valence-electron chi connectivity index (χ4n) is 0.617. The maximum Gasteiger partial charge on any atom is 0.433 e. The first-order valence-corrected chi connectivity index (χ1v) is 4.84. The molecule has 0 fully saturated rings. The summed E-state index contributed by atoms with van der Waals surface area (Å²) < 4.78 is 0. The predicted octanol–water partition coefficient (Wildman–Crippen LogP) is -0.149. The maximum absolute atomic E-state index is 11.0. The number of rotatable bonds is 2. The minimum atomic E-state index is -0.497. The van der Waals surface area contributed by atoms with Crippen LogP contribution in [-0.4, -0.2) is 36.7 Å². The van der Waals surface area contributed by atoms with Crippen LogP contribution in [0.5, 0.6) is 0 Å². The first-order chi connectivity index (χ1) is 6.59. The number of nitrogens with zero attached hydrogens (tertiary/aromatic N) is 1. The molecule has 0 bridgehead atoms.